The summed E-state index contributed by atoms with van der Waals surface area (Å²) in [6.45, 7) is 6.54. The second-order valence-electron chi connectivity index (χ2n) is 6.88. The minimum absolute atomic E-state index is 0.0863. The van der Waals surface area contributed by atoms with Crippen LogP contribution in [0.25, 0.3) is 0 Å². The zero-order valence-corrected chi connectivity index (χ0v) is 16.1. The van der Waals surface area contributed by atoms with E-state index >= 15 is 0 Å². The van der Waals surface area contributed by atoms with E-state index in [9.17, 15) is 4.79 Å². The molecular formula is C20H24N6O2. The molecule has 8 nitrogen and oxygen atoms in total. The number of anilines is 1. The first-order valence-electron chi connectivity index (χ1n) is 9.40. The molecule has 1 N–H and O–H groups in total. The molecule has 0 saturated carbocycles. The molecule has 1 unspecified atom stereocenters. The van der Waals surface area contributed by atoms with Crippen LogP contribution in [0.3, 0.4) is 0 Å². The number of imidazole rings is 2. The van der Waals surface area contributed by atoms with Crippen LogP contribution in [0.4, 0.5) is 10.5 Å². The molecule has 8 heteroatoms. The number of hydrogen-bond donors (Lipinski definition) is 1. The van der Waals surface area contributed by atoms with Crippen molar-refractivity contribution in [3.8, 4) is 5.75 Å². The van der Waals surface area contributed by atoms with Crippen LogP contribution >= 0.6 is 0 Å². The fourth-order valence-electron chi connectivity index (χ4n) is 3.47. The van der Waals surface area contributed by atoms with Gasteiger partial charge in [0.2, 0.25) is 0 Å². The van der Waals surface area contributed by atoms with Gasteiger partial charge in [0.25, 0.3) is 0 Å². The normalized spacial score (nSPS) is 15.9. The maximum Gasteiger partial charge on any atom is 0.322 e. The van der Waals surface area contributed by atoms with E-state index < -0.39 is 0 Å². The van der Waals surface area contributed by atoms with Crippen LogP contribution in [0.5, 0.6) is 5.75 Å². The Morgan fingerprint density at radius 3 is 3.00 bits per heavy atom. The first-order chi connectivity index (χ1) is 13.6. The molecule has 0 fully saturated rings. The smallest absolute Gasteiger partial charge is 0.322 e. The topological polar surface area (TPSA) is 77.2 Å². The molecule has 0 bridgehead atoms. The Morgan fingerprint density at radius 2 is 2.18 bits per heavy atom. The van der Waals surface area contributed by atoms with Crippen LogP contribution in [-0.2, 0) is 13.1 Å². The van der Waals surface area contributed by atoms with Gasteiger partial charge >= 0.3 is 6.03 Å². The Bertz CT molecular complexity index is 950. The lowest BCUT2D eigenvalue weighted by molar-refractivity contribution is 0.172. The van der Waals surface area contributed by atoms with Crippen molar-refractivity contribution in [1.82, 2.24) is 24.0 Å². The molecule has 1 aromatic carbocycles. The highest BCUT2D eigenvalue weighted by Gasteiger charge is 2.29. The van der Waals surface area contributed by atoms with Gasteiger partial charge in [-0.1, -0.05) is 12.1 Å². The van der Waals surface area contributed by atoms with Crippen molar-refractivity contribution < 1.29 is 9.53 Å². The molecule has 2 amide bonds. The van der Waals surface area contributed by atoms with Crippen molar-refractivity contribution in [3.63, 3.8) is 0 Å². The summed E-state index contributed by atoms with van der Waals surface area (Å²) in [5.41, 5.74) is 1.64. The van der Waals surface area contributed by atoms with Crippen molar-refractivity contribution in [1.29, 1.82) is 0 Å². The number of amides is 2. The van der Waals surface area contributed by atoms with E-state index in [4.69, 9.17) is 4.74 Å². The molecule has 0 aliphatic carbocycles. The van der Waals surface area contributed by atoms with E-state index in [0.717, 1.165) is 18.1 Å². The first kappa shape index (κ1) is 18.1. The summed E-state index contributed by atoms with van der Waals surface area (Å²) in [7, 11) is 0. The number of carbonyl (C=O) groups excluding carboxylic acids is 1. The third-order valence-electron chi connectivity index (χ3n) is 4.91. The lowest BCUT2D eigenvalue weighted by Crippen LogP contribution is -2.43. The van der Waals surface area contributed by atoms with Crippen LogP contribution in [0.1, 0.15) is 24.5 Å². The van der Waals surface area contributed by atoms with Crippen molar-refractivity contribution in [3.05, 3.63) is 60.7 Å². The van der Waals surface area contributed by atoms with Crippen LogP contribution in [0, 0.1) is 6.92 Å². The van der Waals surface area contributed by atoms with Crippen molar-refractivity contribution in [2.24, 2.45) is 0 Å². The van der Waals surface area contributed by atoms with Gasteiger partial charge in [0.1, 0.15) is 18.2 Å². The van der Waals surface area contributed by atoms with Crippen molar-refractivity contribution >= 4 is 11.7 Å². The van der Waals surface area contributed by atoms with Crippen molar-refractivity contribution in [2.75, 3.05) is 18.5 Å². The summed E-state index contributed by atoms with van der Waals surface area (Å²) >= 11 is 0. The number of aromatic nitrogens is 4. The Hall–Kier alpha value is -3.29. The number of para-hydroxylation sites is 2. The summed E-state index contributed by atoms with van der Waals surface area (Å²) in [5.74, 6) is 1.57. The number of benzene rings is 1. The minimum atomic E-state index is -0.148. The molecule has 0 radical (unpaired) electrons. The number of nitrogens with zero attached hydrogens (tertiary/aromatic N) is 5. The van der Waals surface area contributed by atoms with E-state index in [2.05, 4.69) is 19.9 Å². The van der Waals surface area contributed by atoms with Gasteiger partial charge < -0.3 is 24.1 Å². The number of aryl methyl sites for hydroxylation is 1. The second-order valence-corrected chi connectivity index (χ2v) is 6.88. The molecule has 28 heavy (non-hydrogen) atoms. The number of rotatable bonds is 5. The second kappa shape index (κ2) is 7.75. The van der Waals surface area contributed by atoms with Crippen LogP contribution < -0.4 is 10.1 Å². The van der Waals surface area contributed by atoms with Gasteiger partial charge in [0.15, 0.2) is 0 Å². The zero-order chi connectivity index (χ0) is 19.5. The van der Waals surface area contributed by atoms with Gasteiger partial charge in [-0.2, -0.15) is 0 Å². The van der Waals surface area contributed by atoms with E-state index in [1.165, 1.54) is 0 Å². The lowest BCUT2D eigenvalue weighted by atomic mass is 10.2. The average molecular weight is 380 g/mol. The Morgan fingerprint density at radius 1 is 1.32 bits per heavy atom. The van der Waals surface area contributed by atoms with E-state index in [1.807, 2.05) is 60.0 Å². The largest absolute Gasteiger partial charge is 0.490 e. The van der Waals surface area contributed by atoms with Gasteiger partial charge in [0, 0.05) is 31.7 Å². The summed E-state index contributed by atoms with van der Waals surface area (Å²) in [6.07, 6.45) is 7.41. The molecule has 146 valence electrons. The van der Waals surface area contributed by atoms with E-state index in [1.54, 1.807) is 12.5 Å². The van der Waals surface area contributed by atoms with Crippen LogP contribution in [0.15, 0.2) is 49.2 Å². The fourth-order valence-corrected chi connectivity index (χ4v) is 3.47. The highest BCUT2D eigenvalue weighted by molar-refractivity contribution is 5.91. The fraction of sp³-hybridized carbons (Fsp3) is 0.350. The molecular weight excluding hydrogens is 356 g/mol. The standard InChI is InChI=1S/C20H24N6O2/c1-15-13-25-9-10-26(16(2)19(25)22-15)20(27)23-17-5-3-4-6-18(17)28-12-11-24-8-7-21-14-24/h3-8,13-14,16H,9-12H2,1-2H3,(H,23,27). The van der Waals surface area contributed by atoms with Gasteiger partial charge in [-0.15, -0.1) is 0 Å². The number of fused-ring (bicyclic) bond motifs is 1. The monoisotopic (exact) mass is 380 g/mol. The molecule has 3 aromatic rings. The third kappa shape index (κ3) is 3.71. The molecule has 0 saturated heterocycles. The molecule has 3 heterocycles. The lowest BCUT2D eigenvalue weighted by Gasteiger charge is -2.33. The first-order valence-corrected chi connectivity index (χ1v) is 9.40. The quantitative estimate of drug-likeness (QED) is 0.738. The van der Waals surface area contributed by atoms with Gasteiger partial charge in [-0.25, -0.2) is 14.8 Å². The molecule has 4 rings (SSSR count). The van der Waals surface area contributed by atoms with E-state index in [-0.39, 0.29) is 12.1 Å². The summed E-state index contributed by atoms with van der Waals surface area (Å²) in [6, 6.07) is 7.25. The molecule has 2 aromatic heterocycles. The van der Waals surface area contributed by atoms with Gasteiger partial charge in [-0.3, -0.25) is 0 Å². The highest BCUT2D eigenvalue weighted by Crippen LogP contribution is 2.28. The predicted octanol–water partition coefficient (Wildman–Crippen LogP) is 3.08. The highest BCUT2D eigenvalue weighted by atomic mass is 16.5. The number of urea groups is 1. The Kier molecular flexibility index (Phi) is 5.01. The van der Waals surface area contributed by atoms with Gasteiger partial charge in [0.05, 0.1) is 30.3 Å². The number of ether oxygens (including phenoxy) is 1. The SMILES string of the molecule is Cc1cn2c(n1)C(C)N(C(=O)Nc1ccccc1OCCn1ccnc1)CC2. The number of nitrogens with one attached hydrogen (secondary N) is 1. The van der Waals surface area contributed by atoms with E-state index in [0.29, 0.717) is 31.1 Å². The maximum atomic E-state index is 12.9. The summed E-state index contributed by atoms with van der Waals surface area (Å²) < 4.78 is 9.95. The van der Waals surface area contributed by atoms with Crippen LogP contribution in [0.2, 0.25) is 0 Å². The summed E-state index contributed by atoms with van der Waals surface area (Å²) in [5, 5.41) is 3.00. The number of carbonyl (C=O) groups is 1. The third-order valence-corrected chi connectivity index (χ3v) is 4.91. The minimum Gasteiger partial charge on any atom is -0.490 e. The molecule has 1 atom stereocenters. The Labute approximate surface area is 163 Å². The molecule has 1 aliphatic heterocycles. The Balaban J connectivity index is 1.42. The molecule has 1 aliphatic rings. The average Bonchev–Trinajstić information content (AvgIpc) is 3.32. The summed E-state index contributed by atoms with van der Waals surface area (Å²) in [4.78, 5) is 23.3. The predicted molar refractivity (Wildman–Crippen MR) is 105 cm³/mol. The number of hydrogen-bond acceptors (Lipinski definition) is 4. The van der Waals surface area contributed by atoms with Crippen molar-refractivity contribution in [2.45, 2.75) is 33.0 Å². The van der Waals surface area contributed by atoms with Gasteiger partial charge in [-0.05, 0) is 26.0 Å². The van der Waals surface area contributed by atoms with Crippen LogP contribution in [-0.4, -0.2) is 43.2 Å². The maximum absolute atomic E-state index is 12.9. The zero-order valence-electron chi connectivity index (χ0n) is 16.1. The molecule has 0 spiro atoms.